The van der Waals surface area contributed by atoms with Crippen LogP contribution in [0, 0.1) is 0 Å². The summed E-state index contributed by atoms with van der Waals surface area (Å²) in [4.78, 5) is 0. The van der Waals surface area contributed by atoms with Gasteiger partial charge in [-0.2, -0.15) is 8.78 Å². The Morgan fingerprint density at radius 1 is 1.62 bits per heavy atom. The zero-order valence-electron chi connectivity index (χ0n) is 4.56. The zero-order valence-corrected chi connectivity index (χ0v) is 5.38. The second-order valence-corrected chi connectivity index (χ2v) is 2.22. The second-order valence-electron chi connectivity index (χ2n) is 1.12. The molecule has 0 N–H and O–H groups in total. The summed E-state index contributed by atoms with van der Waals surface area (Å²) in [6, 6.07) is 0. The molecule has 0 aliphatic carbocycles. The van der Waals surface area contributed by atoms with Gasteiger partial charge in [0.1, 0.15) is 0 Å². The van der Waals surface area contributed by atoms with Gasteiger partial charge in [0.2, 0.25) is 0 Å². The van der Waals surface area contributed by atoms with Gasteiger partial charge in [-0.25, -0.2) is 0 Å². The molecule has 0 aromatic heterocycles. The van der Waals surface area contributed by atoms with Gasteiger partial charge in [-0.15, -0.1) is 0 Å². The van der Waals surface area contributed by atoms with Gasteiger partial charge in [0.25, 0.3) is 5.76 Å². The summed E-state index contributed by atoms with van der Waals surface area (Å²) in [7, 11) is 1.49. The van der Waals surface area contributed by atoms with E-state index in [1.165, 1.54) is 7.11 Å². The van der Waals surface area contributed by atoms with Crippen molar-refractivity contribution in [3.8, 4) is 0 Å². The van der Waals surface area contributed by atoms with Gasteiger partial charge in [-0.3, -0.25) is 0 Å². The monoisotopic (exact) mass is 142 g/mol. The lowest BCUT2D eigenvalue weighted by molar-refractivity contribution is 0.215. The molecule has 0 heterocycles. The summed E-state index contributed by atoms with van der Waals surface area (Å²) in [5.74, 6) is -1.89. The molecule has 0 amide bonds. The van der Waals surface area contributed by atoms with E-state index in [9.17, 15) is 8.78 Å². The minimum Gasteiger partial charge on any atom is -0.384 e. The van der Waals surface area contributed by atoms with Crippen molar-refractivity contribution in [3.63, 3.8) is 0 Å². The highest BCUT2D eigenvalue weighted by Gasteiger charge is 1.99. The maximum absolute atomic E-state index is 11.3. The molecule has 50 valence electrons. The van der Waals surface area contributed by atoms with E-state index in [1.54, 1.807) is 0 Å². The molecule has 0 radical (unpaired) electrons. The average Bonchev–Trinajstić information content (AvgIpc) is 1.66. The Morgan fingerprint density at radius 3 is 2.62 bits per heavy atom. The van der Waals surface area contributed by atoms with Crippen molar-refractivity contribution >= 4 is 11.8 Å². The topological polar surface area (TPSA) is 9.23 Å². The first kappa shape index (κ1) is 8.17. The molecule has 0 aromatic carbocycles. The molecule has 0 saturated carbocycles. The summed E-state index contributed by atoms with van der Waals surface area (Å²) in [6.07, 6.45) is 0. The van der Waals surface area contributed by atoms with Crippen molar-refractivity contribution in [2.45, 2.75) is 5.76 Å². The van der Waals surface area contributed by atoms with Gasteiger partial charge in [-0.1, -0.05) is 11.8 Å². The summed E-state index contributed by atoms with van der Waals surface area (Å²) in [5.41, 5.74) is 0. The van der Waals surface area contributed by atoms with Crippen LogP contribution in [0.2, 0.25) is 0 Å². The number of hydrogen-bond donors (Lipinski definition) is 0. The van der Waals surface area contributed by atoms with Crippen molar-refractivity contribution in [1.82, 2.24) is 0 Å². The maximum atomic E-state index is 11.3. The molecule has 8 heavy (non-hydrogen) atoms. The zero-order chi connectivity index (χ0) is 6.41. The molecule has 0 rings (SSSR count). The molecule has 0 aliphatic heterocycles. The minimum absolute atomic E-state index is 0.369. The molecule has 0 saturated heterocycles. The second kappa shape index (κ2) is 5.31. The van der Waals surface area contributed by atoms with Crippen molar-refractivity contribution in [2.75, 3.05) is 19.5 Å². The van der Waals surface area contributed by atoms with E-state index in [-0.39, 0.29) is 0 Å². The van der Waals surface area contributed by atoms with Crippen LogP contribution >= 0.6 is 11.8 Å². The fourth-order valence-corrected chi connectivity index (χ4v) is 0.662. The molecular formula is C4H8F2OS. The van der Waals surface area contributed by atoms with E-state index in [4.69, 9.17) is 0 Å². The Kier molecular flexibility index (Phi) is 5.42. The average molecular weight is 142 g/mol. The summed E-state index contributed by atoms with van der Waals surface area (Å²) < 4.78 is 27.1. The Labute approximate surface area is 51.4 Å². The highest BCUT2D eigenvalue weighted by Crippen LogP contribution is 2.11. The quantitative estimate of drug-likeness (QED) is 0.551. The number of alkyl halides is 2. The first-order valence-electron chi connectivity index (χ1n) is 2.16. The lowest BCUT2D eigenvalue weighted by Gasteiger charge is -1.95. The van der Waals surface area contributed by atoms with Crippen LogP contribution in [0.1, 0.15) is 0 Å². The Morgan fingerprint density at radius 2 is 2.25 bits per heavy atom. The number of rotatable bonds is 4. The molecular weight excluding hydrogens is 134 g/mol. The third-order valence-electron chi connectivity index (χ3n) is 0.531. The Bertz CT molecular complexity index is 51.3. The number of methoxy groups -OCH3 is 1. The van der Waals surface area contributed by atoms with Crippen LogP contribution in [0.3, 0.4) is 0 Å². The fraction of sp³-hybridized carbons (Fsp3) is 1.00. The third-order valence-corrected chi connectivity index (χ3v) is 1.19. The van der Waals surface area contributed by atoms with E-state index in [1.807, 2.05) is 0 Å². The molecule has 0 unspecified atom stereocenters. The van der Waals surface area contributed by atoms with Crippen molar-refractivity contribution < 1.29 is 13.5 Å². The minimum atomic E-state index is -2.26. The fourth-order valence-electron chi connectivity index (χ4n) is 0.221. The molecule has 4 heteroatoms. The number of hydrogen-bond acceptors (Lipinski definition) is 2. The number of halogens is 2. The normalized spacial score (nSPS) is 10.5. The highest BCUT2D eigenvalue weighted by molar-refractivity contribution is 7.99. The van der Waals surface area contributed by atoms with Gasteiger partial charge in [0.05, 0.1) is 6.61 Å². The molecule has 0 aliphatic rings. The van der Waals surface area contributed by atoms with E-state index in [0.717, 1.165) is 0 Å². The molecule has 0 bridgehead atoms. The van der Waals surface area contributed by atoms with Crippen molar-refractivity contribution in [1.29, 1.82) is 0 Å². The summed E-state index contributed by atoms with van der Waals surface area (Å²) >= 11 is 0.597. The van der Waals surface area contributed by atoms with Gasteiger partial charge < -0.3 is 4.74 Å². The smallest absolute Gasteiger partial charge is 0.284 e. The third kappa shape index (κ3) is 6.17. The molecule has 0 spiro atoms. The SMILES string of the molecule is COCCSC(F)F. The lowest BCUT2D eigenvalue weighted by atomic mass is 10.9. The summed E-state index contributed by atoms with van der Waals surface area (Å²) in [6.45, 7) is 0.398. The molecule has 0 fully saturated rings. The van der Waals surface area contributed by atoms with Crippen LogP contribution in [-0.2, 0) is 4.74 Å². The molecule has 0 aromatic rings. The van der Waals surface area contributed by atoms with Gasteiger partial charge >= 0.3 is 0 Å². The first-order valence-corrected chi connectivity index (χ1v) is 3.21. The van der Waals surface area contributed by atoms with Gasteiger partial charge in [0, 0.05) is 12.9 Å². The van der Waals surface area contributed by atoms with E-state index < -0.39 is 5.76 Å². The highest BCUT2D eigenvalue weighted by atomic mass is 32.2. The van der Waals surface area contributed by atoms with E-state index in [2.05, 4.69) is 4.74 Å². The van der Waals surface area contributed by atoms with Crippen LogP contribution in [0.25, 0.3) is 0 Å². The largest absolute Gasteiger partial charge is 0.384 e. The van der Waals surface area contributed by atoms with Crippen LogP contribution in [0.5, 0.6) is 0 Å². The lowest BCUT2D eigenvalue weighted by Crippen LogP contribution is -1.94. The summed E-state index contributed by atoms with van der Waals surface area (Å²) in [5, 5.41) is 0. The molecule has 0 atom stereocenters. The Hall–Kier alpha value is 0.170. The van der Waals surface area contributed by atoms with Crippen LogP contribution in [0.4, 0.5) is 8.78 Å². The van der Waals surface area contributed by atoms with Crippen LogP contribution in [0.15, 0.2) is 0 Å². The number of thioether (sulfide) groups is 1. The van der Waals surface area contributed by atoms with Gasteiger partial charge in [-0.05, 0) is 0 Å². The van der Waals surface area contributed by atoms with E-state index in [0.29, 0.717) is 24.1 Å². The van der Waals surface area contributed by atoms with Crippen LogP contribution in [-0.4, -0.2) is 25.2 Å². The van der Waals surface area contributed by atoms with Crippen molar-refractivity contribution in [3.05, 3.63) is 0 Å². The Balaban J connectivity index is 2.72. The first-order chi connectivity index (χ1) is 3.77. The van der Waals surface area contributed by atoms with Crippen molar-refractivity contribution in [2.24, 2.45) is 0 Å². The standard InChI is InChI=1S/C4H8F2OS/c1-7-2-3-8-4(5)6/h4H,2-3H2,1H3. The predicted octanol–water partition coefficient (Wildman–Crippen LogP) is 1.59. The number of ether oxygens (including phenoxy) is 1. The van der Waals surface area contributed by atoms with E-state index >= 15 is 0 Å². The maximum Gasteiger partial charge on any atom is 0.284 e. The molecule has 1 nitrogen and oxygen atoms in total. The van der Waals surface area contributed by atoms with Gasteiger partial charge in [0.15, 0.2) is 0 Å². The van der Waals surface area contributed by atoms with Crippen LogP contribution < -0.4 is 0 Å². The predicted molar refractivity (Wildman–Crippen MR) is 30.3 cm³/mol.